The molecule has 0 N–H and O–H groups in total. The summed E-state index contributed by atoms with van der Waals surface area (Å²) in [5.74, 6) is 1.74. The fraction of sp³-hybridized carbons (Fsp3) is 1.00. The van der Waals surface area contributed by atoms with Gasteiger partial charge in [0, 0.05) is 19.6 Å². The summed E-state index contributed by atoms with van der Waals surface area (Å²) in [7, 11) is 0. The van der Waals surface area contributed by atoms with Crippen molar-refractivity contribution in [2.45, 2.75) is 20.8 Å². The fourth-order valence-corrected chi connectivity index (χ4v) is 2.63. The van der Waals surface area contributed by atoms with Crippen molar-refractivity contribution in [3.8, 4) is 0 Å². The van der Waals surface area contributed by atoms with Gasteiger partial charge in [-0.1, -0.05) is 31.9 Å². The van der Waals surface area contributed by atoms with Crippen molar-refractivity contribution in [3.63, 3.8) is 0 Å². The van der Waals surface area contributed by atoms with Crippen LogP contribution in [0.3, 0.4) is 0 Å². The second-order valence-electron chi connectivity index (χ2n) is 4.68. The van der Waals surface area contributed by atoms with Gasteiger partial charge in [0.15, 0.2) is 0 Å². The topological polar surface area (TPSA) is 26.3 Å². The lowest BCUT2D eigenvalue weighted by molar-refractivity contribution is 0.204. The zero-order chi connectivity index (χ0) is 9.19. The Morgan fingerprint density at radius 2 is 1.75 bits per heavy atom. The molecule has 1 aliphatic rings. The predicted octanol–water partition coefficient (Wildman–Crippen LogP) is 1.10. The van der Waals surface area contributed by atoms with Gasteiger partial charge in [-0.15, -0.1) is 0 Å². The van der Waals surface area contributed by atoms with Gasteiger partial charge in [0.05, 0.1) is 0 Å². The molecule has 1 aliphatic heterocycles. The third-order valence-electron chi connectivity index (χ3n) is 1.97. The molecule has 0 amide bonds. The van der Waals surface area contributed by atoms with Crippen LogP contribution in [0.4, 0.5) is 0 Å². The highest BCUT2D eigenvalue weighted by molar-refractivity contribution is 7.91. The van der Waals surface area contributed by atoms with Crippen LogP contribution in [0.2, 0.25) is 0 Å². The molecule has 0 saturated carbocycles. The second-order valence-corrected chi connectivity index (χ2v) is 6.38. The van der Waals surface area contributed by atoms with E-state index in [1.165, 1.54) is 0 Å². The van der Waals surface area contributed by atoms with Gasteiger partial charge < -0.3 is 4.55 Å². The van der Waals surface area contributed by atoms with Crippen LogP contribution in [0.5, 0.6) is 0 Å². The summed E-state index contributed by atoms with van der Waals surface area (Å²) in [4.78, 5) is 2.42. The molecule has 0 aliphatic carbocycles. The van der Waals surface area contributed by atoms with Gasteiger partial charge in [-0.3, -0.25) is 4.90 Å². The smallest absolute Gasteiger partial charge is 0.118 e. The summed E-state index contributed by atoms with van der Waals surface area (Å²) in [5.41, 5.74) is 0.374. The lowest BCUT2D eigenvalue weighted by Gasteiger charge is -2.33. The van der Waals surface area contributed by atoms with Crippen LogP contribution >= 0.6 is 0 Å². The quantitative estimate of drug-likeness (QED) is 0.577. The first-order chi connectivity index (χ1) is 5.47. The molecule has 0 spiro atoms. The molecule has 0 aromatic heterocycles. The lowest BCUT2D eigenvalue weighted by Crippen LogP contribution is -2.43. The maximum Gasteiger partial charge on any atom is 0.118 e. The van der Waals surface area contributed by atoms with Crippen molar-refractivity contribution in [1.82, 2.24) is 4.90 Å². The monoisotopic (exact) mass is 189 g/mol. The van der Waals surface area contributed by atoms with Crippen LogP contribution in [0.1, 0.15) is 20.8 Å². The molecular formula is C9H19NOS. The van der Waals surface area contributed by atoms with E-state index in [-0.39, 0.29) is 0 Å². The summed E-state index contributed by atoms with van der Waals surface area (Å²) in [6, 6.07) is 0. The Kier molecular flexibility index (Phi) is 3.44. The zero-order valence-corrected chi connectivity index (χ0v) is 9.12. The summed E-state index contributed by atoms with van der Waals surface area (Å²) >= 11 is -0.531. The first-order valence-corrected chi connectivity index (χ1v) is 6.03. The Balaban J connectivity index is 2.26. The van der Waals surface area contributed by atoms with Crippen molar-refractivity contribution in [3.05, 3.63) is 0 Å². The number of rotatable bonds is 1. The molecule has 12 heavy (non-hydrogen) atoms. The molecular weight excluding hydrogens is 170 g/mol. The Labute approximate surface area is 78.5 Å². The van der Waals surface area contributed by atoms with Gasteiger partial charge >= 0.3 is 0 Å². The Hall–Kier alpha value is 0.270. The second kappa shape index (κ2) is 3.99. The van der Waals surface area contributed by atoms with Crippen LogP contribution in [0, 0.1) is 5.41 Å². The van der Waals surface area contributed by atoms with Crippen LogP contribution in [0.15, 0.2) is 0 Å². The molecule has 1 saturated heterocycles. The molecule has 0 aromatic carbocycles. The van der Waals surface area contributed by atoms with Gasteiger partial charge in [-0.2, -0.15) is 0 Å². The molecule has 3 heteroatoms. The van der Waals surface area contributed by atoms with E-state index in [9.17, 15) is 4.55 Å². The van der Waals surface area contributed by atoms with Crippen molar-refractivity contribution in [1.29, 1.82) is 0 Å². The summed E-state index contributed by atoms with van der Waals surface area (Å²) in [6.07, 6.45) is 0. The van der Waals surface area contributed by atoms with E-state index in [4.69, 9.17) is 0 Å². The van der Waals surface area contributed by atoms with Gasteiger partial charge in [0.2, 0.25) is 0 Å². The van der Waals surface area contributed by atoms with Crippen LogP contribution in [-0.2, 0) is 11.2 Å². The SMILES string of the molecule is CC(C)(C)CN1CC[S+]([O-])CC1. The molecule has 0 radical (unpaired) electrons. The minimum atomic E-state index is -0.531. The third-order valence-corrected chi connectivity index (χ3v) is 3.24. The van der Waals surface area contributed by atoms with Crippen molar-refractivity contribution in [2.24, 2.45) is 5.41 Å². The summed E-state index contributed by atoms with van der Waals surface area (Å²) < 4.78 is 11.1. The Bertz CT molecular complexity index is 136. The van der Waals surface area contributed by atoms with E-state index < -0.39 is 11.2 Å². The van der Waals surface area contributed by atoms with Gasteiger partial charge in [0.25, 0.3) is 0 Å². The number of hydrogen-bond acceptors (Lipinski definition) is 2. The summed E-state index contributed by atoms with van der Waals surface area (Å²) in [6.45, 7) is 9.91. The zero-order valence-electron chi connectivity index (χ0n) is 8.30. The highest BCUT2D eigenvalue weighted by Gasteiger charge is 2.23. The predicted molar refractivity (Wildman–Crippen MR) is 53.8 cm³/mol. The van der Waals surface area contributed by atoms with Crippen LogP contribution in [-0.4, -0.2) is 40.6 Å². The van der Waals surface area contributed by atoms with E-state index in [1.807, 2.05) is 0 Å². The largest absolute Gasteiger partial charge is 0.616 e. The number of hydrogen-bond donors (Lipinski definition) is 0. The molecule has 0 unspecified atom stereocenters. The van der Waals surface area contributed by atoms with E-state index in [1.54, 1.807) is 0 Å². The summed E-state index contributed by atoms with van der Waals surface area (Å²) in [5, 5.41) is 0. The van der Waals surface area contributed by atoms with E-state index >= 15 is 0 Å². The minimum absolute atomic E-state index is 0.374. The van der Waals surface area contributed by atoms with Crippen molar-refractivity contribution in [2.75, 3.05) is 31.1 Å². The number of nitrogens with zero attached hydrogens (tertiary/aromatic N) is 1. The molecule has 1 fully saturated rings. The normalized spacial score (nSPS) is 23.0. The standard InChI is InChI=1S/C9H19NOS/c1-9(2,3)8-10-4-6-12(11)7-5-10/h4-8H2,1-3H3. The van der Waals surface area contributed by atoms with Gasteiger partial charge in [-0.25, -0.2) is 0 Å². The van der Waals surface area contributed by atoms with Crippen LogP contribution in [0.25, 0.3) is 0 Å². The van der Waals surface area contributed by atoms with Crippen LogP contribution < -0.4 is 0 Å². The molecule has 1 rings (SSSR count). The fourth-order valence-electron chi connectivity index (χ4n) is 1.50. The maximum atomic E-state index is 11.1. The van der Waals surface area contributed by atoms with E-state index in [0.717, 1.165) is 31.1 Å². The van der Waals surface area contributed by atoms with Gasteiger partial charge in [0.1, 0.15) is 11.5 Å². The highest BCUT2D eigenvalue weighted by Crippen LogP contribution is 2.16. The first-order valence-electron chi connectivity index (χ1n) is 4.55. The lowest BCUT2D eigenvalue weighted by atomic mass is 9.96. The molecule has 72 valence electrons. The highest BCUT2D eigenvalue weighted by atomic mass is 32.2. The van der Waals surface area contributed by atoms with E-state index in [2.05, 4.69) is 25.7 Å². The third kappa shape index (κ3) is 3.78. The molecule has 0 aromatic rings. The Morgan fingerprint density at radius 1 is 1.25 bits per heavy atom. The molecule has 1 heterocycles. The molecule has 2 nitrogen and oxygen atoms in total. The maximum absolute atomic E-state index is 11.1. The average Bonchev–Trinajstić information content (AvgIpc) is 1.91. The van der Waals surface area contributed by atoms with Crippen molar-refractivity contribution < 1.29 is 4.55 Å². The Morgan fingerprint density at radius 3 is 2.17 bits per heavy atom. The average molecular weight is 189 g/mol. The molecule has 0 bridgehead atoms. The van der Waals surface area contributed by atoms with Gasteiger partial charge in [-0.05, 0) is 5.41 Å². The molecule has 0 atom stereocenters. The van der Waals surface area contributed by atoms with Crippen molar-refractivity contribution >= 4 is 11.2 Å². The minimum Gasteiger partial charge on any atom is -0.616 e. The van der Waals surface area contributed by atoms with E-state index in [0.29, 0.717) is 5.41 Å². The first kappa shape index (κ1) is 10.4.